The number of hydrogen-bond acceptors (Lipinski definition) is 2. The van der Waals surface area contributed by atoms with Crippen molar-refractivity contribution in [3.63, 3.8) is 0 Å². The molecular weight excluding hydrogens is 268 g/mol. The van der Waals surface area contributed by atoms with Crippen molar-refractivity contribution < 1.29 is 9.47 Å². The van der Waals surface area contributed by atoms with Gasteiger partial charge in [-0.15, -0.1) is 6.42 Å². The lowest BCUT2D eigenvalue weighted by molar-refractivity contribution is 0.354. The summed E-state index contributed by atoms with van der Waals surface area (Å²) in [6.07, 6.45) is 7.67. The molecule has 0 amide bonds. The summed E-state index contributed by atoms with van der Waals surface area (Å²) in [4.78, 5) is 0. The van der Waals surface area contributed by atoms with Crippen LogP contribution in [0.5, 0.6) is 11.5 Å². The molecule has 3 heteroatoms. The van der Waals surface area contributed by atoms with Crippen LogP contribution in [0.1, 0.15) is 18.4 Å². The van der Waals surface area contributed by atoms with E-state index < -0.39 is 0 Å². The second kappa shape index (κ2) is 4.03. The first kappa shape index (κ1) is 11.3. The molecule has 84 valence electrons. The Labute approximate surface area is 104 Å². The van der Waals surface area contributed by atoms with Crippen molar-refractivity contribution in [1.29, 1.82) is 0 Å². The van der Waals surface area contributed by atoms with E-state index in [0.717, 1.165) is 28.6 Å². The smallest absolute Gasteiger partial charge is 0.161 e. The zero-order chi connectivity index (χ0) is 11.8. The predicted molar refractivity (Wildman–Crippen MR) is 67.0 cm³/mol. The zero-order valence-electron chi connectivity index (χ0n) is 9.34. The van der Waals surface area contributed by atoms with E-state index in [2.05, 4.69) is 21.9 Å². The molecule has 0 aliphatic heterocycles. The molecule has 2 rings (SSSR count). The van der Waals surface area contributed by atoms with Crippen LogP contribution in [0.2, 0.25) is 0 Å². The fraction of sp³-hybridized carbons (Fsp3) is 0.385. The summed E-state index contributed by atoms with van der Waals surface area (Å²) in [5, 5.41) is 0. The summed E-state index contributed by atoms with van der Waals surface area (Å²) >= 11 is 3.54. The summed E-state index contributed by atoms with van der Waals surface area (Å²) in [5.74, 6) is 4.31. The molecule has 0 aromatic heterocycles. The van der Waals surface area contributed by atoms with Crippen molar-refractivity contribution in [2.24, 2.45) is 0 Å². The molecule has 0 saturated heterocycles. The van der Waals surface area contributed by atoms with Gasteiger partial charge < -0.3 is 9.47 Å². The lowest BCUT2D eigenvalue weighted by Crippen LogP contribution is -2.05. The molecule has 0 spiro atoms. The maximum atomic E-state index is 5.59. The number of hydrogen-bond donors (Lipinski definition) is 0. The van der Waals surface area contributed by atoms with Crippen LogP contribution in [0, 0.1) is 12.3 Å². The van der Waals surface area contributed by atoms with Gasteiger partial charge in [0.05, 0.1) is 19.6 Å². The van der Waals surface area contributed by atoms with E-state index in [-0.39, 0.29) is 5.41 Å². The van der Waals surface area contributed by atoms with Gasteiger partial charge in [0, 0.05) is 4.47 Å². The van der Waals surface area contributed by atoms with E-state index in [0.29, 0.717) is 5.75 Å². The maximum absolute atomic E-state index is 5.59. The first-order valence-electron chi connectivity index (χ1n) is 5.06. The summed E-state index contributed by atoms with van der Waals surface area (Å²) in [6, 6.07) is 3.88. The van der Waals surface area contributed by atoms with Gasteiger partial charge in [0.15, 0.2) is 11.5 Å². The highest BCUT2D eigenvalue weighted by Gasteiger charge is 2.44. The minimum atomic E-state index is -0.0988. The Hall–Kier alpha value is -1.14. The Balaban J connectivity index is 2.52. The zero-order valence-corrected chi connectivity index (χ0v) is 10.9. The fourth-order valence-corrected chi connectivity index (χ4v) is 2.54. The van der Waals surface area contributed by atoms with Gasteiger partial charge in [0.2, 0.25) is 0 Å². The number of rotatable bonds is 3. The number of benzene rings is 1. The van der Waals surface area contributed by atoms with Crippen molar-refractivity contribution >= 4 is 15.9 Å². The first-order valence-corrected chi connectivity index (χ1v) is 5.86. The molecule has 1 aromatic rings. The van der Waals surface area contributed by atoms with Gasteiger partial charge in [-0.05, 0) is 30.5 Å². The Morgan fingerprint density at radius 2 is 1.81 bits per heavy atom. The van der Waals surface area contributed by atoms with E-state index in [4.69, 9.17) is 15.9 Å². The molecule has 0 unspecified atom stereocenters. The van der Waals surface area contributed by atoms with E-state index in [1.807, 2.05) is 12.1 Å². The highest BCUT2D eigenvalue weighted by atomic mass is 79.9. The Morgan fingerprint density at radius 3 is 2.25 bits per heavy atom. The monoisotopic (exact) mass is 280 g/mol. The number of halogens is 1. The van der Waals surface area contributed by atoms with Crippen LogP contribution in [-0.2, 0) is 5.41 Å². The van der Waals surface area contributed by atoms with Gasteiger partial charge in [-0.2, -0.15) is 0 Å². The highest BCUT2D eigenvalue weighted by molar-refractivity contribution is 9.10. The molecule has 1 saturated carbocycles. The van der Waals surface area contributed by atoms with Crippen LogP contribution in [0.4, 0.5) is 0 Å². The Bertz CT molecular complexity index is 456. The third-order valence-corrected chi connectivity index (χ3v) is 3.67. The lowest BCUT2D eigenvalue weighted by atomic mass is 9.96. The number of ether oxygens (including phenoxy) is 2. The Kier molecular flexibility index (Phi) is 2.86. The molecule has 1 aromatic carbocycles. The minimum absolute atomic E-state index is 0.0988. The summed E-state index contributed by atoms with van der Waals surface area (Å²) in [7, 11) is 3.25. The van der Waals surface area contributed by atoms with Crippen molar-refractivity contribution in [3.05, 3.63) is 22.2 Å². The van der Waals surface area contributed by atoms with E-state index in [1.165, 1.54) is 0 Å². The molecule has 16 heavy (non-hydrogen) atoms. The van der Waals surface area contributed by atoms with Crippen LogP contribution in [-0.4, -0.2) is 14.2 Å². The quantitative estimate of drug-likeness (QED) is 0.792. The molecule has 0 heterocycles. The first-order chi connectivity index (χ1) is 7.66. The average molecular weight is 281 g/mol. The third-order valence-electron chi connectivity index (χ3n) is 3.02. The molecule has 2 nitrogen and oxygen atoms in total. The molecule has 1 aliphatic carbocycles. The predicted octanol–water partition coefficient (Wildman–Crippen LogP) is 3.13. The summed E-state index contributed by atoms with van der Waals surface area (Å²) < 4.78 is 11.5. The van der Waals surface area contributed by atoms with Crippen LogP contribution < -0.4 is 9.47 Å². The van der Waals surface area contributed by atoms with Crippen molar-refractivity contribution in [2.75, 3.05) is 14.2 Å². The van der Waals surface area contributed by atoms with Crippen molar-refractivity contribution in [2.45, 2.75) is 18.3 Å². The minimum Gasteiger partial charge on any atom is -0.493 e. The molecule has 0 N–H and O–H groups in total. The molecule has 1 aliphatic rings. The van der Waals surface area contributed by atoms with Gasteiger partial charge >= 0.3 is 0 Å². The van der Waals surface area contributed by atoms with Crippen LogP contribution in [0.3, 0.4) is 0 Å². The number of methoxy groups -OCH3 is 2. The maximum Gasteiger partial charge on any atom is 0.161 e. The second-order valence-corrected chi connectivity index (χ2v) is 4.77. The SMILES string of the molecule is C#CC1(c2cc(OC)c(OC)cc2Br)CC1. The largest absolute Gasteiger partial charge is 0.493 e. The highest BCUT2D eigenvalue weighted by Crippen LogP contribution is 2.52. The molecule has 0 radical (unpaired) electrons. The topological polar surface area (TPSA) is 18.5 Å². The standard InChI is InChI=1S/C13H13BrO2/c1-4-13(5-6-13)9-7-11(15-2)12(16-3)8-10(9)14/h1,7-8H,5-6H2,2-3H3. The average Bonchev–Trinajstić information content (AvgIpc) is 3.09. The van der Waals surface area contributed by atoms with Gasteiger partial charge in [-0.1, -0.05) is 21.9 Å². The van der Waals surface area contributed by atoms with Crippen LogP contribution >= 0.6 is 15.9 Å². The number of terminal acetylenes is 1. The molecule has 0 atom stereocenters. The normalized spacial score (nSPS) is 16.4. The fourth-order valence-electron chi connectivity index (χ4n) is 1.84. The molecular formula is C13H13BrO2. The van der Waals surface area contributed by atoms with Gasteiger partial charge in [0.25, 0.3) is 0 Å². The van der Waals surface area contributed by atoms with E-state index >= 15 is 0 Å². The third kappa shape index (κ3) is 1.68. The van der Waals surface area contributed by atoms with Gasteiger partial charge in [-0.25, -0.2) is 0 Å². The second-order valence-electron chi connectivity index (χ2n) is 3.91. The van der Waals surface area contributed by atoms with Crippen LogP contribution in [0.25, 0.3) is 0 Å². The Morgan fingerprint density at radius 1 is 1.25 bits per heavy atom. The molecule has 0 bridgehead atoms. The summed E-state index contributed by atoms with van der Waals surface area (Å²) in [5.41, 5.74) is 1.02. The summed E-state index contributed by atoms with van der Waals surface area (Å²) in [6.45, 7) is 0. The van der Waals surface area contributed by atoms with Gasteiger partial charge in [-0.3, -0.25) is 0 Å². The lowest BCUT2D eigenvalue weighted by Gasteiger charge is -2.15. The van der Waals surface area contributed by atoms with Crippen molar-refractivity contribution in [3.8, 4) is 23.8 Å². The van der Waals surface area contributed by atoms with Gasteiger partial charge in [0.1, 0.15) is 0 Å². The van der Waals surface area contributed by atoms with E-state index in [9.17, 15) is 0 Å². The van der Waals surface area contributed by atoms with Crippen LogP contribution in [0.15, 0.2) is 16.6 Å². The molecule has 1 fully saturated rings. The van der Waals surface area contributed by atoms with Crippen molar-refractivity contribution in [1.82, 2.24) is 0 Å². The van der Waals surface area contributed by atoms with E-state index in [1.54, 1.807) is 14.2 Å².